The van der Waals surface area contributed by atoms with Crippen molar-refractivity contribution in [3.05, 3.63) is 34.9 Å². The van der Waals surface area contributed by atoms with Crippen molar-refractivity contribution in [1.82, 2.24) is 0 Å². The molecule has 2 fully saturated rings. The van der Waals surface area contributed by atoms with Gasteiger partial charge in [-0.25, -0.2) is 4.79 Å². The van der Waals surface area contributed by atoms with Gasteiger partial charge in [0.15, 0.2) is 6.61 Å². The molecule has 0 aromatic heterocycles. The number of Topliss-reactive ketones (excluding diaryl/α,β-unsaturated/α-hetero) is 1. The molecule has 4 heteroatoms. The molecule has 0 spiro atoms. The van der Waals surface area contributed by atoms with Gasteiger partial charge in [-0.3, -0.25) is 4.79 Å². The van der Waals surface area contributed by atoms with E-state index >= 15 is 0 Å². The standard InChI is InChI=1S/C33H50O4/c1-9-23-37-30(35)26(4)17-11-15-24(2)13-10-14-25(3)16-12-18-28-32(7)21-20-29(34)31(5,6)27(32)19-22-33(28,8)36/h1,13,16-17,27-28,36H,10-12,14-15,18-23H2,2-8H3/b24-13+,25-16+,26-17+/t27-,28-,32+,33-/m1/s1. The van der Waals surface area contributed by atoms with Crippen molar-refractivity contribution in [2.45, 2.75) is 118 Å². The Morgan fingerprint density at radius 3 is 2.24 bits per heavy atom. The molecule has 0 heterocycles. The first-order valence-corrected chi connectivity index (χ1v) is 14.1. The molecule has 0 bridgehead atoms. The van der Waals surface area contributed by atoms with E-state index in [1.807, 2.05) is 13.0 Å². The van der Waals surface area contributed by atoms with E-state index in [0.717, 1.165) is 57.8 Å². The van der Waals surface area contributed by atoms with Crippen LogP contribution in [-0.4, -0.2) is 29.1 Å². The van der Waals surface area contributed by atoms with Crippen LogP contribution in [0.4, 0.5) is 0 Å². The van der Waals surface area contributed by atoms with Crippen molar-refractivity contribution in [3.63, 3.8) is 0 Å². The Balaban J connectivity index is 1.87. The summed E-state index contributed by atoms with van der Waals surface area (Å²) < 4.78 is 4.94. The molecular formula is C33H50O4. The van der Waals surface area contributed by atoms with Crippen LogP contribution < -0.4 is 0 Å². The van der Waals surface area contributed by atoms with Crippen LogP contribution in [0.15, 0.2) is 34.9 Å². The van der Waals surface area contributed by atoms with Crippen LogP contribution >= 0.6 is 0 Å². The van der Waals surface area contributed by atoms with Crippen LogP contribution in [0.25, 0.3) is 0 Å². The molecule has 0 aromatic rings. The Labute approximate surface area is 226 Å². The van der Waals surface area contributed by atoms with Crippen molar-refractivity contribution < 1.29 is 19.4 Å². The van der Waals surface area contributed by atoms with Gasteiger partial charge in [0.05, 0.1) is 5.60 Å². The fraction of sp³-hybridized carbons (Fsp3) is 0.697. The largest absolute Gasteiger partial charge is 0.449 e. The number of aliphatic hydroxyl groups is 1. The summed E-state index contributed by atoms with van der Waals surface area (Å²) in [6.07, 6.45) is 20.6. The number of allylic oxidation sites excluding steroid dienone is 5. The van der Waals surface area contributed by atoms with Gasteiger partial charge < -0.3 is 9.84 Å². The summed E-state index contributed by atoms with van der Waals surface area (Å²) >= 11 is 0. The Bertz CT molecular complexity index is 955. The van der Waals surface area contributed by atoms with E-state index in [1.54, 1.807) is 6.92 Å². The summed E-state index contributed by atoms with van der Waals surface area (Å²) in [6.45, 7) is 14.7. The highest BCUT2D eigenvalue weighted by atomic mass is 16.5. The highest BCUT2D eigenvalue weighted by Crippen LogP contribution is 2.62. The summed E-state index contributed by atoms with van der Waals surface area (Å²) in [5.41, 5.74) is 2.34. The molecule has 0 amide bonds. The monoisotopic (exact) mass is 510 g/mol. The first-order chi connectivity index (χ1) is 17.3. The summed E-state index contributed by atoms with van der Waals surface area (Å²) in [6, 6.07) is 0. The highest BCUT2D eigenvalue weighted by molar-refractivity contribution is 5.87. The fourth-order valence-corrected chi connectivity index (χ4v) is 7.03. The molecule has 0 radical (unpaired) electrons. The molecular weight excluding hydrogens is 460 g/mol. The number of ether oxygens (including phenoxy) is 1. The van der Waals surface area contributed by atoms with Gasteiger partial charge in [-0.05, 0) is 103 Å². The number of carbonyl (C=O) groups excluding carboxylic acids is 2. The van der Waals surface area contributed by atoms with Crippen LogP contribution in [0, 0.1) is 35.0 Å². The van der Waals surface area contributed by atoms with Gasteiger partial charge in [0.2, 0.25) is 0 Å². The number of terminal acetylenes is 1. The maximum atomic E-state index is 12.7. The lowest BCUT2D eigenvalue weighted by Gasteiger charge is -2.60. The summed E-state index contributed by atoms with van der Waals surface area (Å²) in [7, 11) is 0. The molecule has 4 atom stereocenters. The van der Waals surface area contributed by atoms with Crippen LogP contribution in [0.1, 0.15) is 113 Å². The van der Waals surface area contributed by atoms with Crippen LogP contribution in [0.5, 0.6) is 0 Å². The lowest BCUT2D eigenvalue weighted by atomic mass is 9.45. The molecule has 0 unspecified atom stereocenters. The maximum Gasteiger partial charge on any atom is 0.334 e. The number of hydrogen-bond acceptors (Lipinski definition) is 4. The lowest BCUT2D eigenvalue weighted by molar-refractivity contribution is -0.177. The molecule has 0 aliphatic heterocycles. The van der Waals surface area contributed by atoms with Crippen LogP contribution in [0.3, 0.4) is 0 Å². The number of hydrogen-bond donors (Lipinski definition) is 1. The van der Waals surface area contributed by atoms with Crippen molar-refractivity contribution in [2.24, 2.45) is 22.7 Å². The van der Waals surface area contributed by atoms with Crippen molar-refractivity contribution in [2.75, 3.05) is 6.61 Å². The Kier molecular flexibility index (Phi) is 11.0. The zero-order valence-electron chi connectivity index (χ0n) is 24.4. The highest BCUT2D eigenvalue weighted by Gasteiger charge is 2.59. The summed E-state index contributed by atoms with van der Waals surface area (Å²) in [5.74, 6) is 2.90. The van der Waals surface area contributed by atoms with Crippen molar-refractivity contribution in [3.8, 4) is 12.3 Å². The SMILES string of the molecule is C#CCOC(=O)/C(C)=C/CC/C(C)=C/CC/C(C)=C/CC[C@@H]1[C@@]2(C)CCC(=O)C(C)(C)[C@H]2CC[C@@]1(C)O. The van der Waals surface area contributed by atoms with E-state index in [-0.39, 0.29) is 29.3 Å². The second kappa shape index (κ2) is 13.1. The number of esters is 1. The van der Waals surface area contributed by atoms with E-state index in [0.29, 0.717) is 23.7 Å². The Morgan fingerprint density at radius 2 is 1.62 bits per heavy atom. The summed E-state index contributed by atoms with van der Waals surface area (Å²) in [5, 5.41) is 11.4. The van der Waals surface area contributed by atoms with Gasteiger partial charge in [0.25, 0.3) is 0 Å². The molecule has 2 saturated carbocycles. The normalized spacial score (nSPS) is 30.5. The van der Waals surface area contributed by atoms with Crippen molar-refractivity contribution >= 4 is 11.8 Å². The van der Waals surface area contributed by atoms with E-state index in [2.05, 4.69) is 52.7 Å². The Morgan fingerprint density at radius 1 is 1.03 bits per heavy atom. The zero-order valence-corrected chi connectivity index (χ0v) is 24.4. The minimum absolute atomic E-state index is 0.00555. The van der Waals surface area contributed by atoms with E-state index in [4.69, 9.17) is 11.2 Å². The van der Waals surface area contributed by atoms with Crippen molar-refractivity contribution in [1.29, 1.82) is 0 Å². The molecule has 2 aliphatic rings. The number of ketones is 1. The van der Waals surface area contributed by atoms with Gasteiger partial charge in [0, 0.05) is 17.4 Å². The van der Waals surface area contributed by atoms with Gasteiger partial charge in [-0.1, -0.05) is 56.1 Å². The predicted octanol–water partition coefficient (Wildman–Crippen LogP) is 7.51. The number of fused-ring (bicyclic) bond motifs is 1. The number of carbonyl (C=O) groups is 2. The molecule has 2 aliphatic carbocycles. The quantitative estimate of drug-likeness (QED) is 0.135. The molecule has 0 aromatic carbocycles. The van der Waals surface area contributed by atoms with Gasteiger partial charge in [0.1, 0.15) is 5.78 Å². The first-order valence-electron chi connectivity index (χ1n) is 14.1. The minimum atomic E-state index is -0.672. The molecule has 0 saturated heterocycles. The molecule has 2 rings (SSSR count). The van der Waals surface area contributed by atoms with E-state index < -0.39 is 5.60 Å². The predicted molar refractivity (Wildman–Crippen MR) is 152 cm³/mol. The second-order valence-electron chi connectivity index (χ2n) is 12.6. The molecule has 1 N–H and O–H groups in total. The van der Waals surface area contributed by atoms with Crippen LogP contribution in [0.2, 0.25) is 0 Å². The maximum absolute atomic E-state index is 12.7. The number of rotatable bonds is 11. The van der Waals surface area contributed by atoms with Crippen LogP contribution in [-0.2, 0) is 14.3 Å². The summed E-state index contributed by atoms with van der Waals surface area (Å²) in [4.78, 5) is 24.4. The topological polar surface area (TPSA) is 63.6 Å². The zero-order chi connectivity index (χ0) is 27.9. The van der Waals surface area contributed by atoms with Gasteiger partial charge in [-0.2, -0.15) is 0 Å². The third kappa shape index (κ3) is 7.93. The molecule has 37 heavy (non-hydrogen) atoms. The third-order valence-electron chi connectivity index (χ3n) is 9.34. The lowest BCUT2D eigenvalue weighted by Crippen LogP contribution is -2.59. The van der Waals surface area contributed by atoms with Gasteiger partial charge >= 0.3 is 5.97 Å². The second-order valence-corrected chi connectivity index (χ2v) is 12.6. The smallest absolute Gasteiger partial charge is 0.334 e. The molecule has 4 nitrogen and oxygen atoms in total. The van der Waals surface area contributed by atoms with Gasteiger partial charge in [-0.15, -0.1) is 6.42 Å². The fourth-order valence-electron chi connectivity index (χ4n) is 7.03. The average Bonchev–Trinajstić information content (AvgIpc) is 2.81. The Hall–Kier alpha value is -2.12. The third-order valence-corrected chi connectivity index (χ3v) is 9.34. The van der Waals surface area contributed by atoms with E-state index in [1.165, 1.54) is 11.1 Å². The average molecular weight is 511 g/mol. The van der Waals surface area contributed by atoms with E-state index in [9.17, 15) is 14.7 Å². The molecule has 206 valence electrons. The minimum Gasteiger partial charge on any atom is -0.449 e. The first kappa shape index (κ1) is 31.1.